The van der Waals surface area contributed by atoms with Crippen molar-refractivity contribution in [1.29, 1.82) is 0 Å². The normalized spacial score (nSPS) is 9.67. The molecule has 4 nitrogen and oxygen atoms in total. The van der Waals surface area contributed by atoms with Crippen LogP contribution in [-0.4, -0.2) is 15.1 Å². The van der Waals surface area contributed by atoms with Gasteiger partial charge in [-0.05, 0) is 24.3 Å². The van der Waals surface area contributed by atoms with Gasteiger partial charge in [0.15, 0.2) is 0 Å². The quantitative estimate of drug-likeness (QED) is 0.680. The number of hydrogen-bond acceptors (Lipinski definition) is 3. The highest BCUT2D eigenvalue weighted by Crippen LogP contribution is 2.16. The molecule has 2 aromatic rings. The van der Waals surface area contributed by atoms with Gasteiger partial charge in [-0.3, -0.25) is 0 Å². The molecule has 0 saturated heterocycles. The molecule has 0 bridgehead atoms. The van der Waals surface area contributed by atoms with Crippen molar-refractivity contribution in [2.24, 2.45) is 0 Å². The molecule has 4 N–H and O–H groups in total. The van der Waals surface area contributed by atoms with E-state index >= 15 is 0 Å². The van der Waals surface area contributed by atoms with Crippen LogP contribution in [0.3, 0.4) is 0 Å². The Kier molecular flexibility index (Phi) is 3.71. The Balaban J connectivity index is 0.00000112. The Morgan fingerprint density at radius 3 is 2.47 bits per heavy atom. The summed E-state index contributed by atoms with van der Waals surface area (Å²) < 4.78 is 0. The van der Waals surface area contributed by atoms with Gasteiger partial charge in [0.25, 0.3) is 0 Å². The average molecular weight is 226 g/mol. The number of imidazole rings is 1. The van der Waals surface area contributed by atoms with Crippen LogP contribution in [0.5, 0.6) is 0 Å². The fourth-order valence-corrected chi connectivity index (χ4v) is 1.23. The highest BCUT2D eigenvalue weighted by molar-refractivity contribution is 5.85. The van der Waals surface area contributed by atoms with Crippen molar-refractivity contribution in [2.45, 2.75) is 6.61 Å². The summed E-state index contributed by atoms with van der Waals surface area (Å²) in [6, 6.07) is 7.40. The van der Waals surface area contributed by atoms with Crippen LogP contribution < -0.4 is 5.73 Å². The number of nitrogen functional groups attached to an aromatic ring is 1. The van der Waals surface area contributed by atoms with Gasteiger partial charge in [0, 0.05) is 11.3 Å². The van der Waals surface area contributed by atoms with Gasteiger partial charge in [-0.25, -0.2) is 4.98 Å². The van der Waals surface area contributed by atoms with E-state index in [4.69, 9.17) is 10.8 Å². The third-order valence-corrected chi connectivity index (χ3v) is 1.98. The summed E-state index contributed by atoms with van der Waals surface area (Å²) in [6.45, 7) is -0.0258. The van der Waals surface area contributed by atoms with Crippen LogP contribution in [0.25, 0.3) is 11.4 Å². The molecule has 80 valence electrons. The number of aromatic nitrogens is 2. The Hall–Kier alpha value is -1.52. The van der Waals surface area contributed by atoms with Gasteiger partial charge in [0.1, 0.15) is 5.82 Å². The lowest BCUT2D eigenvalue weighted by atomic mass is 10.2. The molecule has 2 rings (SSSR count). The number of hydrogen-bond donors (Lipinski definition) is 3. The molecule has 5 heteroatoms. The largest absolute Gasteiger partial charge is 0.399 e. The van der Waals surface area contributed by atoms with Crippen molar-refractivity contribution in [2.75, 3.05) is 5.73 Å². The fraction of sp³-hybridized carbons (Fsp3) is 0.100. The molecule has 1 heterocycles. The second kappa shape index (κ2) is 4.82. The summed E-state index contributed by atoms with van der Waals surface area (Å²) in [5.41, 5.74) is 7.95. The smallest absolute Gasteiger partial charge is 0.137 e. The molecule has 15 heavy (non-hydrogen) atoms. The molecule has 0 saturated carbocycles. The minimum Gasteiger partial charge on any atom is -0.399 e. The minimum absolute atomic E-state index is 0. The first-order chi connectivity index (χ1) is 6.79. The Bertz CT molecular complexity index is 424. The fourth-order valence-electron chi connectivity index (χ4n) is 1.23. The number of aliphatic hydroxyl groups is 1. The van der Waals surface area contributed by atoms with Gasteiger partial charge >= 0.3 is 0 Å². The number of H-pyrrole nitrogens is 1. The summed E-state index contributed by atoms with van der Waals surface area (Å²) in [6.07, 6.45) is 1.62. The molecule has 1 aromatic carbocycles. The van der Waals surface area contributed by atoms with Crippen LogP contribution in [-0.2, 0) is 6.61 Å². The van der Waals surface area contributed by atoms with Crippen molar-refractivity contribution in [3.63, 3.8) is 0 Å². The van der Waals surface area contributed by atoms with Crippen molar-refractivity contribution < 1.29 is 5.11 Å². The first-order valence-corrected chi connectivity index (χ1v) is 4.30. The van der Waals surface area contributed by atoms with Gasteiger partial charge in [0.2, 0.25) is 0 Å². The van der Waals surface area contributed by atoms with Crippen molar-refractivity contribution in [1.82, 2.24) is 9.97 Å². The first-order valence-electron chi connectivity index (χ1n) is 4.30. The zero-order valence-electron chi connectivity index (χ0n) is 7.97. The van der Waals surface area contributed by atoms with Crippen molar-refractivity contribution >= 4 is 18.1 Å². The SMILES string of the molecule is Cl.Nc1ccc(-c2ncc(CO)[nH]2)cc1. The second-order valence-electron chi connectivity index (χ2n) is 3.04. The molecular weight excluding hydrogens is 214 g/mol. The number of halogens is 1. The summed E-state index contributed by atoms with van der Waals surface area (Å²) >= 11 is 0. The van der Waals surface area contributed by atoms with Gasteiger partial charge in [-0.15, -0.1) is 12.4 Å². The van der Waals surface area contributed by atoms with Gasteiger partial charge in [-0.1, -0.05) is 0 Å². The third-order valence-electron chi connectivity index (χ3n) is 1.98. The summed E-state index contributed by atoms with van der Waals surface area (Å²) in [4.78, 5) is 7.13. The number of nitrogens with one attached hydrogen (secondary N) is 1. The number of benzene rings is 1. The van der Waals surface area contributed by atoms with E-state index in [1.54, 1.807) is 6.20 Å². The average Bonchev–Trinajstić information content (AvgIpc) is 2.67. The Labute approximate surface area is 93.6 Å². The number of nitrogens with two attached hydrogens (primary N) is 1. The molecule has 1 aromatic heterocycles. The zero-order valence-corrected chi connectivity index (χ0v) is 8.79. The van der Waals surface area contributed by atoms with Crippen molar-refractivity contribution in [3.8, 4) is 11.4 Å². The summed E-state index contributed by atoms with van der Waals surface area (Å²) in [5, 5.41) is 8.85. The number of nitrogens with zero attached hydrogens (tertiary/aromatic N) is 1. The highest BCUT2D eigenvalue weighted by atomic mass is 35.5. The van der Waals surface area contributed by atoms with Crippen molar-refractivity contribution in [3.05, 3.63) is 36.2 Å². The summed E-state index contributed by atoms with van der Waals surface area (Å²) in [5.74, 6) is 0.744. The number of aliphatic hydroxyl groups excluding tert-OH is 1. The minimum atomic E-state index is -0.0258. The van der Waals surface area contributed by atoms with Gasteiger partial charge in [0.05, 0.1) is 18.5 Å². The van der Waals surface area contributed by atoms with Crippen LogP contribution >= 0.6 is 12.4 Å². The standard InChI is InChI=1S/C10H11N3O.ClH/c11-8-3-1-7(2-4-8)10-12-5-9(6-14)13-10;/h1-5,14H,6,11H2,(H,12,13);1H. The van der Waals surface area contributed by atoms with E-state index in [9.17, 15) is 0 Å². The monoisotopic (exact) mass is 225 g/mol. The van der Waals surface area contributed by atoms with E-state index in [0.29, 0.717) is 5.69 Å². The maximum atomic E-state index is 8.85. The van der Waals surface area contributed by atoms with Crippen LogP contribution in [0.15, 0.2) is 30.5 Å². The maximum Gasteiger partial charge on any atom is 0.137 e. The van der Waals surface area contributed by atoms with E-state index in [-0.39, 0.29) is 19.0 Å². The molecule has 0 amide bonds. The van der Waals surface area contributed by atoms with Crippen LogP contribution in [0.4, 0.5) is 5.69 Å². The lowest BCUT2D eigenvalue weighted by Gasteiger charge is -1.97. The molecule has 0 aliphatic rings. The zero-order chi connectivity index (χ0) is 9.97. The predicted octanol–water partition coefficient (Wildman–Crippen LogP) is 1.57. The van der Waals surface area contributed by atoms with E-state index < -0.39 is 0 Å². The molecule has 0 spiro atoms. The maximum absolute atomic E-state index is 8.85. The predicted molar refractivity (Wildman–Crippen MR) is 61.6 cm³/mol. The molecule has 0 atom stereocenters. The van der Waals surface area contributed by atoms with E-state index in [1.165, 1.54) is 0 Å². The van der Waals surface area contributed by atoms with Crippen LogP contribution in [0.1, 0.15) is 5.69 Å². The second-order valence-corrected chi connectivity index (χ2v) is 3.04. The number of anilines is 1. The van der Waals surface area contributed by atoms with Crippen LogP contribution in [0.2, 0.25) is 0 Å². The molecule has 0 fully saturated rings. The number of rotatable bonds is 2. The molecular formula is C10H12ClN3O. The van der Waals surface area contributed by atoms with E-state index in [0.717, 1.165) is 17.1 Å². The lowest BCUT2D eigenvalue weighted by molar-refractivity contribution is 0.277. The first kappa shape index (κ1) is 11.6. The van der Waals surface area contributed by atoms with E-state index in [2.05, 4.69) is 9.97 Å². The summed E-state index contributed by atoms with van der Waals surface area (Å²) in [7, 11) is 0. The topological polar surface area (TPSA) is 74.9 Å². The number of aromatic amines is 1. The van der Waals surface area contributed by atoms with Gasteiger partial charge < -0.3 is 15.8 Å². The molecule has 0 aliphatic heterocycles. The molecule has 0 radical (unpaired) electrons. The van der Waals surface area contributed by atoms with E-state index in [1.807, 2.05) is 24.3 Å². The highest BCUT2D eigenvalue weighted by Gasteiger charge is 2.01. The molecule has 0 unspecified atom stereocenters. The molecule has 0 aliphatic carbocycles. The van der Waals surface area contributed by atoms with Gasteiger partial charge in [-0.2, -0.15) is 0 Å². The van der Waals surface area contributed by atoms with Crippen LogP contribution in [0, 0.1) is 0 Å². The Morgan fingerprint density at radius 1 is 1.27 bits per heavy atom. The Morgan fingerprint density at radius 2 is 1.93 bits per heavy atom. The third kappa shape index (κ3) is 2.49. The lowest BCUT2D eigenvalue weighted by Crippen LogP contribution is -1.86.